The molecule has 0 fully saturated rings. The van der Waals surface area contributed by atoms with Crippen molar-refractivity contribution in [1.82, 2.24) is 0 Å². The highest BCUT2D eigenvalue weighted by Gasteiger charge is 2.52. The van der Waals surface area contributed by atoms with Crippen LogP contribution in [0.2, 0.25) is 0 Å². The Hall–Kier alpha value is -1.46. The number of carboxylic acids is 1. The van der Waals surface area contributed by atoms with Crippen molar-refractivity contribution in [2.75, 3.05) is 0 Å². The van der Waals surface area contributed by atoms with Gasteiger partial charge in [0.2, 0.25) is 5.76 Å². The van der Waals surface area contributed by atoms with E-state index in [1.165, 1.54) is 0 Å². The second-order valence-electron chi connectivity index (χ2n) is 2.33. The Bertz CT molecular complexity index is 429. The number of hydrogen-bond acceptors (Lipinski definition) is 4. The summed E-state index contributed by atoms with van der Waals surface area (Å²) < 4.78 is 93.8. The average molecular weight is 288 g/mol. The lowest BCUT2D eigenvalue weighted by Gasteiger charge is -2.13. The molecule has 0 aromatic carbocycles. The molecule has 1 N–H and O–H groups in total. The predicted molar refractivity (Wildman–Crippen MR) is 37.8 cm³/mol. The lowest BCUT2D eigenvalue weighted by atomic mass is 10.4. The lowest BCUT2D eigenvalue weighted by Crippen LogP contribution is -2.29. The molecule has 0 aliphatic heterocycles. The fraction of sp³-hybridized carbons (Fsp3) is 0.400. The van der Waals surface area contributed by atoms with E-state index in [0.717, 1.165) is 0 Å². The molecule has 0 radical (unpaired) electrons. The molecule has 17 heavy (non-hydrogen) atoms. The van der Waals surface area contributed by atoms with Gasteiger partial charge < -0.3 is 9.29 Å². The van der Waals surface area contributed by atoms with Crippen molar-refractivity contribution >= 4 is 16.1 Å². The molecule has 0 saturated heterocycles. The number of halogens is 6. The number of rotatable bonds is 3. The molecule has 0 amide bonds. The van der Waals surface area contributed by atoms with Crippen molar-refractivity contribution in [3.63, 3.8) is 0 Å². The molecule has 0 heterocycles. The number of carboxylic acid groups (broad SMARTS) is 1. The number of carbonyl (C=O) groups is 1. The average Bonchev–Trinajstić information content (AvgIpc) is 1.97. The summed E-state index contributed by atoms with van der Waals surface area (Å²) in [6, 6.07) is 0. The molecule has 12 heteroatoms. The summed E-state index contributed by atoms with van der Waals surface area (Å²) >= 11 is 0. The fourth-order valence-electron chi connectivity index (χ4n) is 0.431. The van der Waals surface area contributed by atoms with Gasteiger partial charge in [0.25, 0.3) is 0 Å². The molecular formula is C5H2F6O5S. The van der Waals surface area contributed by atoms with Crippen LogP contribution in [0.25, 0.3) is 0 Å². The van der Waals surface area contributed by atoms with Crippen LogP contribution in [0.4, 0.5) is 26.3 Å². The van der Waals surface area contributed by atoms with Gasteiger partial charge in [-0.25, -0.2) is 4.79 Å². The molecule has 100 valence electrons. The largest absolute Gasteiger partial charge is 0.534 e. The van der Waals surface area contributed by atoms with Gasteiger partial charge in [-0.05, 0) is 0 Å². The van der Waals surface area contributed by atoms with Crippen LogP contribution in [0.5, 0.6) is 0 Å². The number of hydrogen-bond donors (Lipinski definition) is 1. The smallest absolute Gasteiger partial charge is 0.478 e. The zero-order chi connectivity index (χ0) is 14.1. The van der Waals surface area contributed by atoms with Crippen LogP contribution in [0, 0.1) is 0 Å². The van der Waals surface area contributed by atoms with Gasteiger partial charge >= 0.3 is 27.8 Å². The monoisotopic (exact) mass is 288 g/mol. The third-order valence-corrected chi connectivity index (χ3v) is 1.98. The van der Waals surface area contributed by atoms with Crippen molar-refractivity contribution in [2.45, 2.75) is 11.7 Å². The summed E-state index contributed by atoms with van der Waals surface area (Å²) in [6.07, 6.45) is -6.54. The minimum Gasteiger partial charge on any atom is -0.478 e. The van der Waals surface area contributed by atoms with Crippen LogP contribution in [-0.2, 0) is 19.1 Å². The van der Waals surface area contributed by atoms with E-state index in [9.17, 15) is 39.6 Å². The van der Waals surface area contributed by atoms with Crippen LogP contribution in [0.15, 0.2) is 11.8 Å². The molecule has 0 spiro atoms. The molecule has 0 rings (SSSR count). The third kappa shape index (κ3) is 4.50. The fourth-order valence-corrected chi connectivity index (χ4v) is 0.904. The van der Waals surface area contributed by atoms with Crippen LogP contribution >= 0.6 is 0 Å². The van der Waals surface area contributed by atoms with Gasteiger partial charge in [0.1, 0.15) is 0 Å². The minimum absolute atomic E-state index is 0.844. The van der Waals surface area contributed by atoms with E-state index in [-0.39, 0.29) is 0 Å². The van der Waals surface area contributed by atoms with Crippen molar-refractivity contribution < 1.29 is 48.8 Å². The summed E-state index contributed by atoms with van der Waals surface area (Å²) in [5, 5.41) is 7.91. The molecule has 0 aliphatic rings. The van der Waals surface area contributed by atoms with Gasteiger partial charge in [-0.15, -0.1) is 0 Å². The van der Waals surface area contributed by atoms with E-state index in [2.05, 4.69) is 4.18 Å². The van der Waals surface area contributed by atoms with Gasteiger partial charge in [0.05, 0.1) is 6.08 Å². The first-order valence-electron chi connectivity index (χ1n) is 3.30. The third-order valence-electron chi connectivity index (χ3n) is 1.02. The van der Waals surface area contributed by atoms with E-state index in [1.807, 2.05) is 0 Å². The molecule has 0 bridgehead atoms. The molecule has 0 aliphatic carbocycles. The molecule has 0 aromatic rings. The maximum absolute atomic E-state index is 11.9. The Kier molecular flexibility index (Phi) is 4.05. The van der Waals surface area contributed by atoms with Crippen LogP contribution < -0.4 is 0 Å². The summed E-state index contributed by atoms with van der Waals surface area (Å²) in [7, 11) is -6.58. The standard InChI is InChI=1S/C5H2F6O5S/c6-4(7,8)2(1-3(12)13)16-17(14,15)5(9,10)11/h1H,(H,12,13). The molecule has 5 nitrogen and oxygen atoms in total. The maximum atomic E-state index is 11.9. The number of aliphatic carboxylic acids is 1. The Morgan fingerprint density at radius 1 is 1.12 bits per heavy atom. The van der Waals surface area contributed by atoms with E-state index >= 15 is 0 Å². The summed E-state index contributed by atoms with van der Waals surface area (Å²) in [5.74, 6) is -5.13. The highest BCUT2D eigenvalue weighted by molar-refractivity contribution is 7.87. The minimum atomic E-state index is -6.58. The molecule has 0 aromatic heterocycles. The Balaban J connectivity index is 5.40. The molecule has 0 atom stereocenters. The topological polar surface area (TPSA) is 80.7 Å². The lowest BCUT2D eigenvalue weighted by molar-refractivity contribution is -0.135. The Morgan fingerprint density at radius 3 is 1.76 bits per heavy atom. The molecule has 0 saturated carbocycles. The van der Waals surface area contributed by atoms with Crippen molar-refractivity contribution in [3.05, 3.63) is 11.8 Å². The summed E-state index contributed by atoms with van der Waals surface area (Å²) in [5.41, 5.74) is -6.10. The second-order valence-corrected chi connectivity index (χ2v) is 3.87. The zero-order valence-corrected chi connectivity index (χ0v) is 8.15. The van der Waals surface area contributed by atoms with Gasteiger partial charge in [-0.2, -0.15) is 34.8 Å². The first-order chi connectivity index (χ1) is 7.27. The highest BCUT2D eigenvalue weighted by atomic mass is 32.2. The summed E-state index contributed by atoms with van der Waals surface area (Å²) in [4.78, 5) is 9.86. The Labute approximate surface area is 89.4 Å². The summed E-state index contributed by atoms with van der Waals surface area (Å²) in [6.45, 7) is 0. The van der Waals surface area contributed by atoms with E-state index in [4.69, 9.17) is 5.11 Å². The highest BCUT2D eigenvalue weighted by Crippen LogP contribution is 2.33. The van der Waals surface area contributed by atoms with Crippen molar-refractivity contribution in [3.8, 4) is 0 Å². The Morgan fingerprint density at radius 2 is 1.53 bits per heavy atom. The van der Waals surface area contributed by atoms with Gasteiger partial charge in [-0.3, -0.25) is 0 Å². The van der Waals surface area contributed by atoms with Gasteiger partial charge in [-0.1, -0.05) is 0 Å². The predicted octanol–water partition coefficient (Wildman–Crippen LogP) is 1.38. The molecular weight excluding hydrogens is 286 g/mol. The molecule has 0 unspecified atom stereocenters. The number of allylic oxidation sites excluding steroid dienone is 1. The van der Waals surface area contributed by atoms with Crippen molar-refractivity contribution in [2.24, 2.45) is 0 Å². The van der Waals surface area contributed by atoms with E-state index in [1.54, 1.807) is 0 Å². The van der Waals surface area contributed by atoms with Crippen LogP contribution in [0.1, 0.15) is 0 Å². The van der Waals surface area contributed by atoms with Crippen molar-refractivity contribution in [1.29, 1.82) is 0 Å². The zero-order valence-electron chi connectivity index (χ0n) is 7.33. The first-order valence-corrected chi connectivity index (χ1v) is 4.71. The normalized spacial score (nSPS) is 14.6. The van der Waals surface area contributed by atoms with Crippen LogP contribution in [-0.4, -0.2) is 31.2 Å². The SMILES string of the molecule is O=C(O)C=C(OS(=O)(=O)C(F)(F)F)C(F)(F)F. The first kappa shape index (κ1) is 15.5. The van der Waals surface area contributed by atoms with Gasteiger partial charge in [0, 0.05) is 0 Å². The van der Waals surface area contributed by atoms with Crippen LogP contribution in [0.3, 0.4) is 0 Å². The van der Waals surface area contributed by atoms with E-state index in [0.29, 0.717) is 0 Å². The quantitative estimate of drug-likeness (QED) is 0.279. The van der Waals surface area contributed by atoms with E-state index < -0.39 is 39.6 Å². The number of alkyl halides is 6. The second kappa shape index (κ2) is 4.43. The maximum Gasteiger partial charge on any atom is 0.534 e. The van der Waals surface area contributed by atoms with Gasteiger partial charge in [0.15, 0.2) is 0 Å².